The molecule has 9 heteroatoms. The Morgan fingerprint density at radius 3 is 2.79 bits per heavy atom. The second kappa shape index (κ2) is 7.19. The lowest BCUT2D eigenvalue weighted by molar-refractivity contribution is 0.158. The Balaban J connectivity index is 1.60. The number of carbonyl (C=O) groups is 1. The van der Waals surface area contributed by atoms with Crippen molar-refractivity contribution < 1.29 is 19.2 Å². The second-order valence-electron chi connectivity index (χ2n) is 8.29. The summed E-state index contributed by atoms with van der Waals surface area (Å²) in [5.74, 6) is 2.19. The predicted molar refractivity (Wildman–Crippen MR) is 120 cm³/mol. The first-order chi connectivity index (χ1) is 16.0. The van der Waals surface area contributed by atoms with Crippen LogP contribution >= 0.6 is 0 Å². The molecular weight excluding hydrogens is 422 g/mol. The number of ether oxygens (including phenoxy) is 1. The van der Waals surface area contributed by atoms with E-state index in [4.69, 9.17) is 14.2 Å². The first kappa shape index (κ1) is 19.5. The molecule has 6 rings (SSSR count). The summed E-state index contributed by atoms with van der Waals surface area (Å²) in [5.41, 5.74) is 5.99. The van der Waals surface area contributed by atoms with Crippen molar-refractivity contribution in [2.75, 3.05) is 19.7 Å². The fourth-order valence-electron chi connectivity index (χ4n) is 4.79. The normalized spacial score (nSPS) is 17.3. The molecule has 166 valence electrons. The van der Waals surface area contributed by atoms with Crippen LogP contribution in [0, 0.1) is 13.8 Å². The second-order valence-corrected chi connectivity index (χ2v) is 8.29. The fourth-order valence-corrected chi connectivity index (χ4v) is 4.79. The number of aryl methyl sites for hydroxylation is 2. The van der Waals surface area contributed by atoms with Crippen LogP contribution in [-0.2, 0) is 0 Å². The Kier molecular flexibility index (Phi) is 4.26. The van der Waals surface area contributed by atoms with Gasteiger partial charge < -0.3 is 23.8 Å². The lowest BCUT2D eigenvalue weighted by Gasteiger charge is -2.28. The van der Waals surface area contributed by atoms with Gasteiger partial charge in [0, 0.05) is 23.9 Å². The Labute approximate surface area is 188 Å². The highest BCUT2D eigenvalue weighted by Crippen LogP contribution is 2.45. The van der Waals surface area contributed by atoms with E-state index in [-0.39, 0.29) is 6.04 Å². The summed E-state index contributed by atoms with van der Waals surface area (Å²) in [5, 5.41) is 13.6. The number of aromatic nitrogens is 4. The van der Waals surface area contributed by atoms with Gasteiger partial charge in [-0.1, -0.05) is 17.3 Å². The fraction of sp³-hybridized carbons (Fsp3) is 0.250. The highest BCUT2D eigenvalue weighted by atomic mass is 16.5. The average molecular weight is 443 g/mol. The molecule has 0 saturated carbocycles. The van der Waals surface area contributed by atoms with E-state index in [1.165, 1.54) is 4.90 Å². The molecule has 2 aliphatic rings. The minimum Gasteiger partial charge on any atom is -0.488 e. The van der Waals surface area contributed by atoms with Gasteiger partial charge >= 0.3 is 6.09 Å². The van der Waals surface area contributed by atoms with Crippen LogP contribution in [0.4, 0.5) is 4.79 Å². The predicted octanol–water partition coefficient (Wildman–Crippen LogP) is 4.06. The zero-order valence-electron chi connectivity index (χ0n) is 18.1. The summed E-state index contributed by atoms with van der Waals surface area (Å²) in [6.45, 7) is 4.81. The van der Waals surface area contributed by atoms with E-state index >= 15 is 0 Å². The van der Waals surface area contributed by atoms with Crippen molar-refractivity contribution in [3.63, 3.8) is 0 Å². The zero-order chi connectivity index (χ0) is 22.7. The average Bonchev–Trinajstić information content (AvgIpc) is 3.54. The van der Waals surface area contributed by atoms with Crippen molar-refractivity contribution in [3.05, 3.63) is 65.6 Å². The van der Waals surface area contributed by atoms with Gasteiger partial charge in [0.1, 0.15) is 29.8 Å². The van der Waals surface area contributed by atoms with E-state index in [0.717, 1.165) is 56.5 Å². The van der Waals surface area contributed by atoms with E-state index in [0.29, 0.717) is 19.7 Å². The molecule has 0 saturated heterocycles. The van der Waals surface area contributed by atoms with Gasteiger partial charge in [-0.25, -0.2) is 9.78 Å². The van der Waals surface area contributed by atoms with Crippen molar-refractivity contribution in [1.29, 1.82) is 0 Å². The van der Waals surface area contributed by atoms with Crippen LogP contribution in [0.1, 0.15) is 29.0 Å². The number of pyridine rings is 1. The molecule has 9 nitrogen and oxygen atoms in total. The summed E-state index contributed by atoms with van der Waals surface area (Å²) in [6.07, 6.45) is 2.75. The summed E-state index contributed by atoms with van der Waals surface area (Å²) in [6, 6.07) is 9.56. The van der Waals surface area contributed by atoms with Crippen LogP contribution in [0.5, 0.6) is 5.75 Å². The Bertz CT molecular complexity index is 1420. The van der Waals surface area contributed by atoms with Crippen LogP contribution in [0.25, 0.3) is 27.7 Å². The molecule has 5 heterocycles. The van der Waals surface area contributed by atoms with Gasteiger partial charge in [-0.15, -0.1) is 0 Å². The quantitative estimate of drug-likeness (QED) is 0.509. The molecule has 2 aliphatic heterocycles. The van der Waals surface area contributed by atoms with Crippen LogP contribution in [0.15, 0.2) is 47.1 Å². The number of carboxylic acid groups (broad SMARTS) is 1. The zero-order valence-corrected chi connectivity index (χ0v) is 18.1. The standard InChI is InChI=1S/C24H21N5O4/c1-13-20(14(2)33-27-13)16-6-7-18-21-22(16)32-12-19(17-5-3-4-9-25-17)29(21)23(26-18)15-8-10-28(11-15)24(30)31/h3-9,19H,10-12H2,1-2H3,(H,30,31)/t19-/m1/s1. The highest BCUT2D eigenvalue weighted by Gasteiger charge is 2.34. The van der Waals surface area contributed by atoms with E-state index in [1.54, 1.807) is 6.20 Å². The van der Waals surface area contributed by atoms with Crippen LogP contribution in [0.2, 0.25) is 0 Å². The molecule has 0 aliphatic carbocycles. The van der Waals surface area contributed by atoms with Crippen molar-refractivity contribution >= 4 is 22.7 Å². The van der Waals surface area contributed by atoms with Crippen LogP contribution in [0.3, 0.4) is 0 Å². The molecule has 0 unspecified atom stereocenters. The number of benzene rings is 1. The lowest BCUT2D eigenvalue weighted by Crippen LogP contribution is -2.28. The number of nitrogens with zero attached hydrogens (tertiary/aromatic N) is 5. The van der Waals surface area contributed by atoms with E-state index < -0.39 is 6.09 Å². The van der Waals surface area contributed by atoms with Gasteiger partial charge in [0.05, 0.1) is 29.0 Å². The first-order valence-corrected chi connectivity index (χ1v) is 10.7. The molecule has 1 atom stereocenters. The third-order valence-corrected chi connectivity index (χ3v) is 6.31. The van der Waals surface area contributed by atoms with E-state index in [9.17, 15) is 9.90 Å². The molecule has 3 aromatic heterocycles. The van der Waals surface area contributed by atoms with Gasteiger partial charge in [-0.3, -0.25) is 4.98 Å². The smallest absolute Gasteiger partial charge is 0.407 e. The van der Waals surface area contributed by atoms with Gasteiger partial charge in [-0.2, -0.15) is 0 Å². The summed E-state index contributed by atoms with van der Waals surface area (Å²) < 4.78 is 13.9. The lowest BCUT2D eigenvalue weighted by atomic mass is 10.0. The maximum Gasteiger partial charge on any atom is 0.407 e. The molecule has 1 N–H and O–H groups in total. The molecule has 1 amide bonds. The van der Waals surface area contributed by atoms with E-state index in [1.807, 2.05) is 50.3 Å². The maximum atomic E-state index is 11.5. The van der Waals surface area contributed by atoms with Crippen LogP contribution in [-0.4, -0.2) is 55.5 Å². The number of hydrogen-bond acceptors (Lipinski definition) is 6. The van der Waals surface area contributed by atoms with Crippen molar-refractivity contribution in [2.24, 2.45) is 0 Å². The number of rotatable bonds is 3. The van der Waals surface area contributed by atoms with Gasteiger partial charge in [0.2, 0.25) is 0 Å². The van der Waals surface area contributed by atoms with Gasteiger partial charge in [0.25, 0.3) is 0 Å². The SMILES string of the molecule is Cc1noc(C)c1-c1ccc2nc(C3=CCN(C(=O)O)C3)n3c2c1OC[C@@H]3c1ccccn1. The molecule has 0 radical (unpaired) electrons. The minimum absolute atomic E-state index is 0.196. The van der Waals surface area contributed by atoms with Crippen LogP contribution < -0.4 is 4.74 Å². The molecule has 0 fully saturated rings. The summed E-state index contributed by atoms with van der Waals surface area (Å²) in [4.78, 5) is 22.4. The van der Waals surface area contributed by atoms with Gasteiger partial charge in [-0.05, 0) is 38.1 Å². The Hall–Kier alpha value is -4.14. The summed E-state index contributed by atoms with van der Waals surface area (Å²) in [7, 11) is 0. The van der Waals surface area contributed by atoms with Crippen molar-refractivity contribution in [2.45, 2.75) is 19.9 Å². The Morgan fingerprint density at radius 2 is 2.09 bits per heavy atom. The number of hydrogen-bond donors (Lipinski definition) is 1. The first-order valence-electron chi connectivity index (χ1n) is 10.7. The molecule has 1 aromatic carbocycles. The largest absolute Gasteiger partial charge is 0.488 e. The minimum atomic E-state index is -0.943. The molecule has 4 aromatic rings. The molecule has 0 bridgehead atoms. The number of imidazole rings is 1. The maximum absolute atomic E-state index is 11.5. The van der Waals surface area contributed by atoms with Crippen molar-refractivity contribution in [3.8, 4) is 16.9 Å². The molecule has 33 heavy (non-hydrogen) atoms. The summed E-state index contributed by atoms with van der Waals surface area (Å²) >= 11 is 0. The van der Waals surface area contributed by atoms with Crippen molar-refractivity contribution in [1.82, 2.24) is 24.6 Å². The van der Waals surface area contributed by atoms with Gasteiger partial charge in [0.15, 0.2) is 5.75 Å². The molecular formula is C24H21N5O4. The Morgan fingerprint density at radius 1 is 1.21 bits per heavy atom. The third kappa shape index (κ3) is 2.92. The topological polar surface area (TPSA) is 107 Å². The monoisotopic (exact) mass is 443 g/mol. The highest BCUT2D eigenvalue weighted by molar-refractivity contribution is 5.94. The molecule has 0 spiro atoms. The number of amides is 1. The van der Waals surface area contributed by atoms with E-state index in [2.05, 4.69) is 14.7 Å². The third-order valence-electron chi connectivity index (χ3n) is 6.31.